The Morgan fingerprint density at radius 3 is 2.76 bits per heavy atom. The Bertz CT molecular complexity index is 605. The van der Waals surface area contributed by atoms with Crippen LogP contribution in [0.15, 0.2) is 18.2 Å². The third kappa shape index (κ3) is 1.79. The van der Waals surface area contributed by atoms with Gasteiger partial charge in [0.25, 0.3) is 0 Å². The van der Waals surface area contributed by atoms with E-state index >= 15 is 0 Å². The Balaban J connectivity index is 2.69. The van der Waals surface area contributed by atoms with E-state index in [4.69, 9.17) is 5.26 Å². The van der Waals surface area contributed by atoms with Gasteiger partial charge in [-0.2, -0.15) is 5.26 Å². The number of fused-ring (bicyclic) bond motifs is 1. The van der Waals surface area contributed by atoms with Gasteiger partial charge in [-0.3, -0.25) is 0 Å². The first kappa shape index (κ1) is 11.6. The van der Waals surface area contributed by atoms with Crippen LogP contribution >= 0.6 is 0 Å². The van der Waals surface area contributed by atoms with Crippen LogP contribution in [-0.2, 0) is 12.5 Å². The molecule has 0 unspecified atom stereocenters. The number of hydrogen-bond acceptors (Lipinski definition) is 3. The summed E-state index contributed by atoms with van der Waals surface area (Å²) in [6.07, 6.45) is 0. The topological polar surface area (TPSA) is 61.8 Å². The summed E-state index contributed by atoms with van der Waals surface area (Å²) in [4.78, 5) is 4.52. The minimum Gasteiger partial charge on any atom is -0.395 e. The van der Waals surface area contributed by atoms with Crippen LogP contribution in [0.25, 0.3) is 11.0 Å². The number of aliphatic hydroxyl groups excluding tert-OH is 1. The molecule has 0 saturated carbocycles. The molecule has 0 spiro atoms. The summed E-state index contributed by atoms with van der Waals surface area (Å²) in [6.45, 7) is 3.92. The molecule has 1 aromatic carbocycles. The van der Waals surface area contributed by atoms with E-state index in [2.05, 4.69) is 11.1 Å². The number of aliphatic hydroxyl groups is 1. The van der Waals surface area contributed by atoms with E-state index in [1.54, 1.807) is 12.1 Å². The molecule has 0 bridgehead atoms. The van der Waals surface area contributed by atoms with Crippen molar-refractivity contribution >= 4 is 11.0 Å². The third-order valence-corrected chi connectivity index (χ3v) is 3.01. The lowest BCUT2D eigenvalue weighted by atomic mass is 9.94. The molecule has 0 fully saturated rings. The average molecular weight is 229 g/mol. The summed E-state index contributed by atoms with van der Waals surface area (Å²) in [6, 6.07) is 7.54. The van der Waals surface area contributed by atoms with E-state index in [0.29, 0.717) is 5.56 Å². The van der Waals surface area contributed by atoms with Gasteiger partial charge in [0.15, 0.2) is 0 Å². The van der Waals surface area contributed by atoms with Crippen molar-refractivity contribution in [3.8, 4) is 6.07 Å². The number of imidazole rings is 1. The van der Waals surface area contributed by atoms with Crippen molar-refractivity contribution in [2.45, 2.75) is 19.3 Å². The van der Waals surface area contributed by atoms with Gasteiger partial charge >= 0.3 is 0 Å². The summed E-state index contributed by atoms with van der Waals surface area (Å²) < 4.78 is 1.96. The molecule has 0 aliphatic carbocycles. The molecule has 0 aliphatic heterocycles. The number of nitrogens with zero attached hydrogens (tertiary/aromatic N) is 3. The molecule has 4 nitrogen and oxygen atoms in total. The molecule has 1 N–H and O–H groups in total. The minimum absolute atomic E-state index is 0.0370. The molecule has 88 valence electrons. The number of nitriles is 1. The van der Waals surface area contributed by atoms with Gasteiger partial charge in [-0.1, -0.05) is 13.8 Å². The Labute approximate surface area is 100 Å². The molecule has 2 aromatic rings. The zero-order valence-electron chi connectivity index (χ0n) is 10.2. The molecular weight excluding hydrogens is 214 g/mol. The smallest absolute Gasteiger partial charge is 0.117 e. The highest BCUT2D eigenvalue weighted by molar-refractivity contribution is 5.77. The molecular formula is C13H15N3O. The predicted octanol–water partition coefficient (Wildman–Crippen LogP) is 1.71. The van der Waals surface area contributed by atoms with Crippen molar-refractivity contribution in [3.05, 3.63) is 29.6 Å². The van der Waals surface area contributed by atoms with Crippen LogP contribution in [0.1, 0.15) is 25.2 Å². The second-order valence-corrected chi connectivity index (χ2v) is 4.85. The monoisotopic (exact) mass is 229 g/mol. The van der Waals surface area contributed by atoms with Gasteiger partial charge in [0.2, 0.25) is 0 Å². The summed E-state index contributed by atoms with van der Waals surface area (Å²) in [7, 11) is 1.92. The van der Waals surface area contributed by atoms with Gasteiger partial charge in [0, 0.05) is 12.5 Å². The predicted molar refractivity (Wildman–Crippen MR) is 65.5 cm³/mol. The van der Waals surface area contributed by atoms with E-state index in [0.717, 1.165) is 16.9 Å². The third-order valence-electron chi connectivity index (χ3n) is 3.01. The van der Waals surface area contributed by atoms with Crippen LogP contribution in [0.4, 0.5) is 0 Å². The van der Waals surface area contributed by atoms with Gasteiger partial charge in [-0.15, -0.1) is 0 Å². The molecule has 0 atom stereocenters. The highest BCUT2D eigenvalue weighted by atomic mass is 16.3. The van der Waals surface area contributed by atoms with Gasteiger partial charge in [0.1, 0.15) is 5.82 Å². The van der Waals surface area contributed by atoms with Crippen molar-refractivity contribution in [1.82, 2.24) is 9.55 Å². The van der Waals surface area contributed by atoms with Crippen LogP contribution in [0.2, 0.25) is 0 Å². The molecule has 4 heteroatoms. The quantitative estimate of drug-likeness (QED) is 0.852. The maximum absolute atomic E-state index is 9.39. The molecule has 17 heavy (non-hydrogen) atoms. The van der Waals surface area contributed by atoms with Gasteiger partial charge in [-0.05, 0) is 18.2 Å². The Morgan fingerprint density at radius 1 is 1.47 bits per heavy atom. The van der Waals surface area contributed by atoms with Gasteiger partial charge in [-0.25, -0.2) is 4.98 Å². The second kappa shape index (κ2) is 3.86. The van der Waals surface area contributed by atoms with Crippen LogP contribution in [0, 0.1) is 11.3 Å². The van der Waals surface area contributed by atoms with E-state index < -0.39 is 0 Å². The normalized spacial score (nSPS) is 11.7. The number of rotatable bonds is 2. The van der Waals surface area contributed by atoms with E-state index in [1.165, 1.54) is 0 Å². The maximum Gasteiger partial charge on any atom is 0.117 e. The highest BCUT2D eigenvalue weighted by Crippen LogP contribution is 2.25. The summed E-state index contributed by atoms with van der Waals surface area (Å²) in [5, 5.41) is 18.2. The molecule has 0 amide bonds. The standard InChI is InChI=1S/C13H15N3O/c1-13(2,8-17)12-15-10-6-9(7-14)4-5-11(10)16(12)3/h4-6,17H,8H2,1-3H3. The van der Waals surface area contributed by atoms with Gasteiger partial charge < -0.3 is 9.67 Å². The fourth-order valence-electron chi connectivity index (χ4n) is 1.95. The highest BCUT2D eigenvalue weighted by Gasteiger charge is 2.25. The van der Waals surface area contributed by atoms with Crippen LogP contribution in [0.3, 0.4) is 0 Å². The second-order valence-electron chi connectivity index (χ2n) is 4.85. The molecule has 0 saturated heterocycles. The van der Waals surface area contributed by atoms with Crippen molar-refractivity contribution in [3.63, 3.8) is 0 Å². The zero-order valence-corrected chi connectivity index (χ0v) is 10.2. The molecule has 0 radical (unpaired) electrons. The van der Waals surface area contributed by atoms with Crippen LogP contribution in [-0.4, -0.2) is 21.3 Å². The minimum atomic E-state index is -0.388. The Hall–Kier alpha value is -1.86. The molecule has 0 aliphatic rings. The zero-order chi connectivity index (χ0) is 12.6. The molecule has 1 aromatic heterocycles. The summed E-state index contributed by atoms with van der Waals surface area (Å²) in [5.74, 6) is 0.824. The first-order chi connectivity index (χ1) is 7.99. The van der Waals surface area contributed by atoms with Crippen LogP contribution < -0.4 is 0 Å². The number of aryl methyl sites for hydroxylation is 1. The van der Waals surface area contributed by atoms with Crippen molar-refractivity contribution in [1.29, 1.82) is 5.26 Å². The lowest BCUT2D eigenvalue weighted by molar-refractivity contribution is 0.209. The number of benzene rings is 1. The fraction of sp³-hybridized carbons (Fsp3) is 0.385. The van der Waals surface area contributed by atoms with Gasteiger partial charge in [0.05, 0.1) is 29.3 Å². The van der Waals surface area contributed by atoms with Crippen molar-refractivity contribution in [2.24, 2.45) is 7.05 Å². The van der Waals surface area contributed by atoms with Crippen molar-refractivity contribution < 1.29 is 5.11 Å². The Kier molecular flexibility index (Phi) is 2.64. The lowest BCUT2D eigenvalue weighted by Gasteiger charge is -2.20. The lowest BCUT2D eigenvalue weighted by Crippen LogP contribution is -2.26. The van der Waals surface area contributed by atoms with E-state index in [-0.39, 0.29) is 12.0 Å². The summed E-state index contributed by atoms with van der Waals surface area (Å²) >= 11 is 0. The average Bonchev–Trinajstić information content (AvgIpc) is 2.67. The maximum atomic E-state index is 9.39. The number of aromatic nitrogens is 2. The first-order valence-electron chi connectivity index (χ1n) is 5.47. The molecule has 1 heterocycles. The van der Waals surface area contributed by atoms with E-state index in [9.17, 15) is 5.11 Å². The fourth-order valence-corrected chi connectivity index (χ4v) is 1.95. The molecule has 2 rings (SSSR count). The first-order valence-corrected chi connectivity index (χ1v) is 5.47. The largest absolute Gasteiger partial charge is 0.395 e. The number of hydrogen-bond donors (Lipinski definition) is 1. The summed E-state index contributed by atoms with van der Waals surface area (Å²) in [5.41, 5.74) is 1.98. The van der Waals surface area contributed by atoms with Crippen LogP contribution in [0.5, 0.6) is 0 Å². The SMILES string of the molecule is Cn1c(C(C)(C)CO)nc2cc(C#N)ccc21. The van der Waals surface area contributed by atoms with Crippen molar-refractivity contribution in [2.75, 3.05) is 6.61 Å². The van der Waals surface area contributed by atoms with E-state index in [1.807, 2.05) is 31.5 Å². The Morgan fingerprint density at radius 2 is 2.18 bits per heavy atom.